The van der Waals surface area contributed by atoms with Crippen molar-refractivity contribution in [3.05, 3.63) is 59.2 Å². The molecule has 0 saturated heterocycles. The maximum Gasteiger partial charge on any atom is 0.265 e. The smallest absolute Gasteiger partial charge is 0.265 e. The van der Waals surface area contributed by atoms with Crippen molar-refractivity contribution < 1.29 is 14.3 Å². The summed E-state index contributed by atoms with van der Waals surface area (Å²) >= 11 is 0. The van der Waals surface area contributed by atoms with E-state index >= 15 is 0 Å². The second-order valence-electron chi connectivity index (χ2n) is 5.43. The molecule has 5 heteroatoms. The average molecular weight is 312 g/mol. The number of carbonyl (C=O) groups is 2. The Kier molecular flexibility index (Phi) is 5.01. The Bertz CT molecular complexity index is 741. The standard InChI is InChI=1S/C18H20N2O3/c1-11-8-9-16(12(2)10-11)23-13(3)18(22)20-15-7-5-4-6-14(15)17(19)21/h4-10,13H,1-3H3,(H2,19,21)(H,20,22). The van der Waals surface area contributed by atoms with Crippen LogP contribution in [-0.2, 0) is 4.79 Å². The van der Waals surface area contributed by atoms with E-state index in [4.69, 9.17) is 10.5 Å². The number of rotatable bonds is 5. The lowest BCUT2D eigenvalue weighted by molar-refractivity contribution is -0.122. The van der Waals surface area contributed by atoms with Crippen molar-refractivity contribution in [2.24, 2.45) is 5.73 Å². The molecule has 120 valence electrons. The van der Waals surface area contributed by atoms with Crippen LogP contribution in [0.2, 0.25) is 0 Å². The van der Waals surface area contributed by atoms with Crippen LogP contribution in [-0.4, -0.2) is 17.9 Å². The number of primary amides is 1. The van der Waals surface area contributed by atoms with E-state index < -0.39 is 12.0 Å². The van der Waals surface area contributed by atoms with Gasteiger partial charge in [-0.1, -0.05) is 29.8 Å². The Morgan fingerprint density at radius 1 is 1.13 bits per heavy atom. The maximum absolute atomic E-state index is 12.3. The van der Waals surface area contributed by atoms with Gasteiger partial charge in [0.15, 0.2) is 6.10 Å². The zero-order chi connectivity index (χ0) is 17.0. The molecule has 1 unspecified atom stereocenters. The topological polar surface area (TPSA) is 81.4 Å². The second kappa shape index (κ2) is 6.96. The molecule has 0 aliphatic carbocycles. The highest BCUT2D eigenvalue weighted by atomic mass is 16.5. The fourth-order valence-electron chi connectivity index (χ4n) is 2.22. The molecule has 0 fully saturated rings. The van der Waals surface area contributed by atoms with Gasteiger partial charge in [-0.3, -0.25) is 9.59 Å². The highest BCUT2D eigenvalue weighted by Crippen LogP contribution is 2.21. The first-order valence-corrected chi connectivity index (χ1v) is 7.32. The van der Waals surface area contributed by atoms with Crippen LogP contribution in [0.3, 0.4) is 0 Å². The second-order valence-corrected chi connectivity index (χ2v) is 5.43. The van der Waals surface area contributed by atoms with Gasteiger partial charge >= 0.3 is 0 Å². The van der Waals surface area contributed by atoms with Crippen molar-refractivity contribution in [2.45, 2.75) is 26.9 Å². The number of hydrogen-bond donors (Lipinski definition) is 2. The van der Waals surface area contributed by atoms with E-state index in [1.807, 2.05) is 32.0 Å². The van der Waals surface area contributed by atoms with Crippen LogP contribution in [0, 0.1) is 13.8 Å². The molecule has 2 aromatic carbocycles. The largest absolute Gasteiger partial charge is 0.481 e. The minimum Gasteiger partial charge on any atom is -0.481 e. The first-order chi connectivity index (χ1) is 10.9. The molecule has 0 aliphatic rings. The minimum atomic E-state index is -0.711. The van der Waals surface area contributed by atoms with E-state index in [-0.39, 0.29) is 11.5 Å². The lowest BCUT2D eigenvalue weighted by atomic mass is 10.1. The number of benzene rings is 2. The van der Waals surface area contributed by atoms with Crippen LogP contribution in [0.15, 0.2) is 42.5 Å². The third kappa shape index (κ3) is 4.10. The molecule has 0 bridgehead atoms. The van der Waals surface area contributed by atoms with E-state index in [2.05, 4.69) is 5.32 Å². The third-order valence-electron chi connectivity index (χ3n) is 3.45. The van der Waals surface area contributed by atoms with Crippen LogP contribution in [0.5, 0.6) is 5.75 Å². The summed E-state index contributed by atoms with van der Waals surface area (Å²) in [6.45, 7) is 5.57. The van der Waals surface area contributed by atoms with Gasteiger partial charge < -0.3 is 15.8 Å². The Morgan fingerprint density at radius 3 is 2.48 bits per heavy atom. The van der Waals surface area contributed by atoms with Crippen LogP contribution >= 0.6 is 0 Å². The molecule has 0 heterocycles. The molecule has 1 atom stereocenters. The molecule has 2 amide bonds. The van der Waals surface area contributed by atoms with Crippen molar-refractivity contribution in [3.63, 3.8) is 0 Å². The van der Waals surface area contributed by atoms with Gasteiger partial charge in [0.2, 0.25) is 0 Å². The number of anilines is 1. The van der Waals surface area contributed by atoms with Crippen LogP contribution < -0.4 is 15.8 Å². The highest BCUT2D eigenvalue weighted by molar-refractivity contribution is 6.03. The Labute approximate surface area is 135 Å². The first-order valence-electron chi connectivity index (χ1n) is 7.32. The minimum absolute atomic E-state index is 0.263. The third-order valence-corrected chi connectivity index (χ3v) is 3.45. The molecule has 0 aromatic heterocycles. The molecular weight excluding hydrogens is 292 g/mol. The molecule has 2 aromatic rings. The Morgan fingerprint density at radius 2 is 1.83 bits per heavy atom. The van der Waals surface area contributed by atoms with E-state index in [0.717, 1.165) is 11.1 Å². The predicted molar refractivity (Wildman–Crippen MR) is 89.6 cm³/mol. The molecule has 0 saturated carbocycles. The van der Waals surface area contributed by atoms with Crippen molar-refractivity contribution in [1.29, 1.82) is 0 Å². The number of carbonyl (C=O) groups excluding carboxylic acids is 2. The van der Waals surface area contributed by atoms with E-state index in [1.54, 1.807) is 31.2 Å². The van der Waals surface area contributed by atoms with Gasteiger partial charge in [0.1, 0.15) is 5.75 Å². The van der Waals surface area contributed by atoms with E-state index in [9.17, 15) is 9.59 Å². The number of hydrogen-bond acceptors (Lipinski definition) is 3. The molecule has 0 spiro atoms. The fourth-order valence-corrected chi connectivity index (χ4v) is 2.22. The average Bonchev–Trinajstić information content (AvgIpc) is 2.50. The lowest BCUT2D eigenvalue weighted by Gasteiger charge is -2.17. The Balaban J connectivity index is 2.10. The van der Waals surface area contributed by atoms with Crippen molar-refractivity contribution in [3.8, 4) is 5.75 Å². The SMILES string of the molecule is Cc1ccc(OC(C)C(=O)Nc2ccccc2C(N)=O)c(C)c1. The fraction of sp³-hybridized carbons (Fsp3) is 0.222. The van der Waals surface area contributed by atoms with Gasteiger partial charge in [-0.25, -0.2) is 0 Å². The van der Waals surface area contributed by atoms with E-state index in [0.29, 0.717) is 11.4 Å². The first kappa shape index (κ1) is 16.5. The summed E-state index contributed by atoms with van der Waals surface area (Å²) in [6, 6.07) is 12.3. The molecule has 23 heavy (non-hydrogen) atoms. The zero-order valence-electron chi connectivity index (χ0n) is 13.4. The highest BCUT2D eigenvalue weighted by Gasteiger charge is 2.18. The zero-order valence-corrected chi connectivity index (χ0v) is 13.4. The van der Waals surface area contributed by atoms with E-state index in [1.165, 1.54) is 0 Å². The maximum atomic E-state index is 12.3. The summed E-state index contributed by atoms with van der Waals surface area (Å²) in [7, 11) is 0. The van der Waals surface area contributed by atoms with Gasteiger partial charge in [-0.2, -0.15) is 0 Å². The van der Waals surface area contributed by atoms with Gasteiger partial charge in [-0.05, 0) is 44.5 Å². The Hall–Kier alpha value is -2.82. The summed E-state index contributed by atoms with van der Waals surface area (Å²) < 4.78 is 5.71. The molecule has 5 nitrogen and oxygen atoms in total. The number of aryl methyl sites for hydroxylation is 2. The predicted octanol–water partition coefficient (Wildman–Crippen LogP) is 2.81. The number of amides is 2. The molecular formula is C18H20N2O3. The van der Waals surface area contributed by atoms with Crippen molar-refractivity contribution in [2.75, 3.05) is 5.32 Å². The summed E-state index contributed by atoms with van der Waals surface area (Å²) in [6.07, 6.45) is -0.711. The van der Waals surface area contributed by atoms with Crippen LogP contribution in [0.25, 0.3) is 0 Å². The van der Waals surface area contributed by atoms with Gasteiger partial charge in [0.05, 0.1) is 11.3 Å². The van der Waals surface area contributed by atoms with Gasteiger partial charge in [-0.15, -0.1) is 0 Å². The van der Waals surface area contributed by atoms with Crippen molar-refractivity contribution >= 4 is 17.5 Å². The molecule has 0 radical (unpaired) electrons. The quantitative estimate of drug-likeness (QED) is 0.890. The van der Waals surface area contributed by atoms with Crippen LogP contribution in [0.1, 0.15) is 28.4 Å². The molecule has 3 N–H and O–H groups in total. The number of ether oxygens (including phenoxy) is 1. The summed E-state index contributed by atoms with van der Waals surface area (Å²) in [5.41, 5.74) is 8.03. The lowest BCUT2D eigenvalue weighted by Crippen LogP contribution is -2.31. The summed E-state index contributed by atoms with van der Waals surface area (Å²) in [4.78, 5) is 23.7. The summed E-state index contributed by atoms with van der Waals surface area (Å²) in [5, 5.41) is 2.68. The summed E-state index contributed by atoms with van der Waals surface area (Å²) in [5.74, 6) is -0.288. The monoisotopic (exact) mass is 312 g/mol. The molecule has 2 rings (SSSR count). The molecule has 0 aliphatic heterocycles. The van der Waals surface area contributed by atoms with Gasteiger partial charge in [0, 0.05) is 0 Å². The van der Waals surface area contributed by atoms with Gasteiger partial charge in [0.25, 0.3) is 11.8 Å². The number of para-hydroxylation sites is 1. The normalized spacial score (nSPS) is 11.6. The van der Waals surface area contributed by atoms with Crippen LogP contribution in [0.4, 0.5) is 5.69 Å². The van der Waals surface area contributed by atoms with Crippen molar-refractivity contribution in [1.82, 2.24) is 0 Å². The number of nitrogens with one attached hydrogen (secondary N) is 1. The number of nitrogens with two attached hydrogens (primary N) is 1.